The molecular weight excluding hydrogens is 340 g/mol. The van der Waals surface area contributed by atoms with Crippen LogP contribution in [0.4, 0.5) is 0 Å². The van der Waals surface area contributed by atoms with E-state index >= 15 is 0 Å². The number of hydrogen-bond acceptors (Lipinski definition) is 2. The summed E-state index contributed by atoms with van der Waals surface area (Å²) in [6.45, 7) is 4.25. The highest BCUT2D eigenvalue weighted by molar-refractivity contribution is 6.05. The van der Waals surface area contributed by atoms with Gasteiger partial charge in [-0.15, -0.1) is 0 Å². The van der Waals surface area contributed by atoms with E-state index in [1.807, 2.05) is 0 Å². The summed E-state index contributed by atoms with van der Waals surface area (Å²) in [5.41, 5.74) is 8.83. The number of pyridine rings is 1. The van der Waals surface area contributed by atoms with Crippen LogP contribution in [0, 0.1) is 12.8 Å². The van der Waals surface area contributed by atoms with E-state index in [-0.39, 0.29) is 0 Å². The van der Waals surface area contributed by atoms with E-state index in [0.29, 0.717) is 17.8 Å². The summed E-state index contributed by atoms with van der Waals surface area (Å²) in [5, 5.41) is 0. The van der Waals surface area contributed by atoms with E-state index in [2.05, 4.69) is 80.6 Å². The summed E-state index contributed by atoms with van der Waals surface area (Å²) in [5.74, 6) is 1.27. The molecule has 0 bridgehead atoms. The van der Waals surface area contributed by atoms with E-state index in [1.54, 1.807) is 0 Å². The van der Waals surface area contributed by atoms with Crippen molar-refractivity contribution in [1.82, 2.24) is 4.98 Å². The molecular formula is C26H26N2. The number of benzene rings is 1. The molecule has 2 unspecified atom stereocenters. The Kier molecular flexibility index (Phi) is 4.35. The third-order valence-corrected chi connectivity index (χ3v) is 6.30. The average molecular weight is 367 g/mol. The number of rotatable bonds is 2. The SMILES string of the molecule is CC1=CC(c2ccccc2)[C@@H]2CCc3c(C4C=CC=CC4)cc(C)nc3C2=N1. The molecule has 140 valence electrons. The maximum Gasteiger partial charge on any atom is 0.0885 e. The minimum Gasteiger partial charge on any atom is -0.256 e. The molecule has 0 radical (unpaired) electrons. The molecule has 1 aliphatic heterocycles. The first-order chi connectivity index (χ1) is 13.7. The van der Waals surface area contributed by atoms with Crippen molar-refractivity contribution in [2.24, 2.45) is 10.9 Å². The van der Waals surface area contributed by atoms with Crippen molar-refractivity contribution in [3.8, 4) is 0 Å². The largest absolute Gasteiger partial charge is 0.256 e. The normalized spacial score (nSPS) is 25.6. The van der Waals surface area contributed by atoms with Gasteiger partial charge in [-0.3, -0.25) is 9.98 Å². The molecule has 0 amide bonds. The van der Waals surface area contributed by atoms with E-state index in [4.69, 9.17) is 9.98 Å². The number of aromatic nitrogens is 1. The Hall–Kier alpha value is -2.74. The molecule has 2 heteroatoms. The van der Waals surface area contributed by atoms with Crippen LogP contribution in [0.3, 0.4) is 0 Å². The van der Waals surface area contributed by atoms with Crippen LogP contribution in [0.15, 0.2) is 77.5 Å². The minimum absolute atomic E-state index is 0.394. The van der Waals surface area contributed by atoms with Gasteiger partial charge in [0.05, 0.1) is 11.4 Å². The fourth-order valence-corrected chi connectivity index (χ4v) is 5.05. The highest BCUT2D eigenvalue weighted by atomic mass is 14.8. The smallest absolute Gasteiger partial charge is 0.0885 e. The molecule has 5 rings (SSSR count). The van der Waals surface area contributed by atoms with Crippen LogP contribution in [0.1, 0.15) is 59.7 Å². The maximum atomic E-state index is 5.03. The lowest BCUT2D eigenvalue weighted by molar-refractivity contribution is 0.539. The Balaban J connectivity index is 1.61. The first-order valence-corrected chi connectivity index (χ1v) is 10.4. The Labute approximate surface area is 167 Å². The zero-order valence-electron chi connectivity index (χ0n) is 16.6. The first-order valence-electron chi connectivity index (χ1n) is 10.4. The second-order valence-corrected chi connectivity index (χ2v) is 8.22. The van der Waals surface area contributed by atoms with Crippen molar-refractivity contribution in [3.05, 3.63) is 101 Å². The van der Waals surface area contributed by atoms with Crippen molar-refractivity contribution >= 4 is 5.71 Å². The molecule has 1 aromatic carbocycles. The van der Waals surface area contributed by atoms with Crippen molar-refractivity contribution < 1.29 is 0 Å². The third-order valence-electron chi connectivity index (χ3n) is 6.30. The number of nitrogens with zero attached hydrogens (tertiary/aromatic N) is 2. The molecule has 0 saturated heterocycles. The predicted molar refractivity (Wildman–Crippen MR) is 116 cm³/mol. The van der Waals surface area contributed by atoms with Crippen LogP contribution < -0.4 is 0 Å². The summed E-state index contributed by atoms with van der Waals surface area (Å²) in [6.07, 6.45) is 14.6. The lowest BCUT2D eigenvalue weighted by Crippen LogP contribution is -2.32. The van der Waals surface area contributed by atoms with Crippen LogP contribution in [-0.4, -0.2) is 10.7 Å². The molecule has 2 nitrogen and oxygen atoms in total. The Morgan fingerprint density at radius 3 is 2.68 bits per heavy atom. The number of hydrogen-bond donors (Lipinski definition) is 0. The fourth-order valence-electron chi connectivity index (χ4n) is 5.05. The van der Waals surface area contributed by atoms with Gasteiger partial charge in [-0.05, 0) is 55.9 Å². The van der Waals surface area contributed by atoms with E-state index in [1.165, 1.54) is 22.4 Å². The van der Waals surface area contributed by atoms with Crippen LogP contribution in [-0.2, 0) is 6.42 Å². The van der Waals surface area contributed by atoms with E-state index < -0.39 is 0 Å². The summed E-state index contributed by atoms with van der Waals surface area (Å²) < 4.78 is 0. The number of fused-ring (bicyclic) bond motifs is 3. The van der Waals surface area contributed by atoms with Crippen molar-refractivity contribution in [3.63, 3.8) is 0 Å². The lowest BCUT2D eigenvalue weighted by atomic mass is 9.71. The van der Waals surface area contributed by atoms with Gasteiger partial charge in [-0.1, -0.05) is 60.7 Å². The average Bonchev–Trinajstić information content (AvgIpc) is 2.74. The third kappa shape index (κ3) is 2.97. The zero-order valence-corrected chi connectivity index (χ0v) is 16.6. The minimum atomic E-state index is 0.394. The molecule has 3 atom stereocenters. The van der Waals surface area contributed by atoms with Crippen molar-refractivity contribution in [2.75, 3.05) is 0 Å². The molecule has 28 heavy (non-hydrogen) atoms. The Morgan fingerprint density at radius 2 is 1.89 bits per heavy atom. The van der Waals surface area contributed by atoms with Crippen LogP contribution in [0.2, 0.25) is 0 Å². The number of aliphatic imine (C=N–C) groups is 1. The molecule has 0 saturated carbocycles. The molecule has 2 aliphatic carbocycles. The summed E-state index contributed by atoms with van der Waals surface area (Å²) >= 11 is 0. The Bertz CT molecular complexity index is 1020. The monoisotopic (exact) mass is 366 g/mol. The highest BCUT2D eigenvalue weighted by Crippen LogP contribution is 2.42. The second kappa shape index (κ2) is 7.01. The molecule has 1 aromatic heterocycles. The summed E-state index contributed by atoms with van der Waals surface area (Å²) in [4.78, 5) is 10.0. The second-order valence-electron chi connectivity index (χ2n) is 8.22. The van der Waals surface area contributed by atoms with Gasteiger partial charge < -0.3 is 0 Å². The standard InChI is InChI=1S/C26H26N2/c1-17-15-23(19-9-5-3-6-10-19)21-13-14-22-24(20-11-7-4-8-12-20)16-18(2)28-26(22)25(21)27-17/h3-11,15-16,20-21,23H,12-14H2,1-2H3/t20?,21-,23?/m0/s1. The van der Waals surface area contributed by atoms with Gasteiger partial charge in [0, 0.05) is 29.1 Å². The topological polar surface area (TPSA) is 25.2 Å². The lowest BCUT2D eigenvalue weighted by Gasteiger charge is -2.35. The molecule has 2 heterocycles. The first kappa shape index (κ1) is 17.4. The van der Waals surface area contributed by atoms with Gasteiger partial charge >= 0.3 is 0 Å². The van der Waals surface area contributed by atoms with Crippen molar-refractivity contribution in [1.29, 1.82) is 0 Å². The maximum absolute atomic E-state index is 5.03. The van der Waals surface area contributed by atoms with Crippen LogP contribution in [0.25, 0.3) is 0 Å². The van der Waals surface area contributed by atoms with Gasteiger partial charge in [-0.25, -0.2) is 0 Å². The highest BCUT2D eigenvalue weighted by Gasteiger charge is 2.36. The molecule has 0 spiro atoms. The van der Waals surface area contributed by atoms with Gasteiger partial charge in [0.25, 0.3) is 0 Å². The van der Waals surface area contributed by atoms with Crippen molar-refractivity contribution in [2.45, 2.75) is 44.9 Å². The number of aryl methyl sites for hydroxylation is 1. The summed E-state index contributed by atoms with van der Waals surface area (Å²) in [6, 6.07) is 13.2. The van der Waals surface area contributed by atoms with Crippen LogP contribution in [0.5, 0.6) is 0 Å². The quantitative estimate of drug-likeness (QED) is 0.636. The number of allylic oxidation sites excluding steroid dienone is 6. The molecule has 2 aromatic rings. The van der Waals surface area contributed by atoms with Gasteiger partial charge in [0.2, 0.25) is 0 Å². The molecule has 0 N–H and O–H groups in total. The molecule has 3 aliphatic rings. The Morgan fingerprint density at radius 1 is 1.04 bits per heavy atom. The predicted octanol–water partition coefficient (Wildman–Crippen LogP) is 6.04. The van der Waals surface area contributed by atoms with Crippen LogP contribution >= 0.6 is 0 Å². The van der Waals surface area contributed by atoms with Gasteiger partial charge in [-0.2, -0.15) is 0 Å². The zero-order chi connectivity index (χ0) is 19.1. The van der Waals surface area contributed by atoms with E-state index in [0.717, 1.165) is 36.3 Å². The van der Waals surface area contributed by atoms with Gasteiger partial charge in [0.15, 0.2) is 0 Å². The van der Waals surface area contributed by atoms with E-state index in [9.17, 15) is 0 Å². The summed E-state index contributed by atoms with van der Waals surface area (Å²) in [7, 11) is 0. The van der Waals surface area contributed by atoms with Gasteiger partial charge in [0.1, 0.15) is 0 Å². The fraction of sp³-hybridized carbons (Fsp3) is 0.308. The molecule has 0 fully saturated rings.